The van der Waals surface area contributed by atoms with Gasteiger partial charge < -0.3 is 19.3 Å². The summed E-state index contributed by atoms with van der Waals surface area (Å²) in [4.78, 5) is 47.8. The minimum atomic E-state index is -1.00. The number of carbonyl (C=O) groups excluding carboxylic acids is 3. The summed E-state index contributed by atoms with van der Waals surface area (Å²) in [7, 11) is 2.65. The van der Waals surface area contributed by atoms with Crippen LogP contribution >= 0.6 is 11.8 Å². The van der Waals surface area contributed by atoms with Crippen LogP contribution in [0, 0.1) is 0 Å². The Morgan fingerprint density at radius 3 is 2.41 bits per heavy atom. The van der Waals surface area contributed by atoms with Crippen molar-refractivity contribution >= 4 is 40.9 Å². The molecular weight excluding hydrogens is 438 g/mol. The number of methoxy groups -OCH3 is 2. The van der Waals surface area contributed by atoms with Crippen molar-refractivity contribution in [3.05, 3.63) is 64.1 Å². The lowest BCUT2D eigenvalue weighted by Crippen LogP contribution is -2.34. The van der Waals surface area contributed by atoms with Crippen LogP contribution in [-0.4, -0.2) is 53.9 Å². The largest absolute Gasteiger partial charge is 0.493 e. The predicted molar refractivity (Wildman–Crippen MR) is 115 cm³/mol. The van der Waals surface area contributed by atoms with Crippen molar-refractivity contribution in [3.63, 3.8) is 0 Å². The number of hydrogen-bond donors (Lipinski definition) is 1. The standard InChI is InChI=1S/C22H19NO8S/c1-29-17-9-14(10-18-20(25)23(22(28)32-18)11-19(24)30-2)5-8-16(17)31-12-13-3-6-15(7-4-13)21(26)27/h3-10H,11-12H2,1-2H3,(H,26,27)/b18-10-. The van der Waals surface area contributed by atoms with Gasteiger partial charge in [0.15, 0.2) is 11.5 Å². The highest BCUT2D eigenvalue weighted by Crippen LogP contribution is 2.34. The lowest BCUT2D eigenvalue weighted by atomic mass is 10.1. The first-order chi connectivity index (χ1) is 15.3. The Morgan fingerprint density at radius 2 is 1.78 bits per heavy atom. The summed E-state index contributed by atoms with van der Waals surface area (Å²) in [6.07, 6.45) is 1.53. The number of imide groups is 1. The van der Waals surface area contributed by atoms with E-state index in [9.17, 15) is 19.2 Å². The van der Waals surface area contributed by atoms with E-state index in [1.807, 2.05) is 0 Å². The topological polar surface area (TPSA) is 119 Å². The first kappa shape index (κ1) is 22.9. The third-order valence-corrected chi connectivity index (χ3v) is 5.38. The zero-order chi connectivity index (χ0) is 23.3. The average Bonchev–Trinajstić information content (AvgIpc) is 3.05. The summed E-state index contributed by atoms with van der Waals surface area (Å²) in [5.41, 5.74) is 1.57. The van der Waals surface area contributed by atoms with Crippen LogP contribution in [0.15, 0.2) is 47.4 Å². The van der Waals surface area contributed by atoms with Gasteiger partial charge in [0.05, 0.1) is 24.7 Å². The number of carbonyl (C=O) groups is 4. The number of nitrogens with zero attached hydrogens (tertiary/aromatic N) is 1. The molecule has 1 saturated heterocycles. The molecule has 3 rings (SSSR count). The van der Waals surface area contributed by atoms with Gasteiger partial charge in [-0.3, -0.25) is 19.3 Å². The third kappa shape index (κ3) is 5.27. The second kappa shape index (κ2) is 10.0. The molecular formula is C22H19NO8S. The fourth-order valence-corrected chi connectivity index (χ4v) is 3.62. The first-order valence-corrected chi connectivity index (χ1v) is 10.1. The predicted octanol–water partition coefficient (Wildman–Crippen LogP) is 3.18. The minimum Gasteiger partial charge on any atom is -0.493 e. The van der Waals surface area contributed by atoms with Gasteiger partial charge in [-0.2, -0.15) is 0 Å². The Labute approximate surface area is 187 Å². The molecule has 32 heavy (non-hydrogen) atoms. The highest BCUT2D eigenvalue weighted by Gasteiger charge is 2.36. The van der Waals surface area contributed by atoms with Gasteiger partial charge in [-0.1, -0.05) is 18.2 Å². The highest BCUT2D eigenvalue weighted by atomic mass is 32.2. The molecule has 1 N–H and O–H groups in total. The second-order valence-corrected chi connectivity index (χ2v) is 7.54. The van der Waals surface area contributed by atoms with E-state index < -0.39 is 29.6 Å². The molecule has 10 heteroatoms. The number of carboxylic acid groups (broad SMARTS) is 1. The number of thioether (sulfide) groups is 1. The fourth-order valence-electron chi connectivity index (χ4n) is 2.78. The number of ether oxygens (including phenoxy) is 3. The van der Waals surface area contributed by atoms with E-state index >= 15 is 0 Å². The van der Waals surface area contributed by atoms with Crippen molar-refractivity contribution in [2.45, 2.75) is 6.61 Å². The van der Waals surface area contributed by atoms with Crippen LogP contribution in [-0.2, 0) is 20.9 Å². The van der Waals surface area contributed by atoms with E-state index in [1.165, 1.54) is 32.4 Å². The van der Waals surface area contributed by atoms with Crippen LogP contribution < -0.4 is 9.47 Å². The molecule has 2 aromatic rings. The minimum absolute atomic E-state index is 0.174. The maximum Gasteiger partial charge on any atom is 0.335 e. The number of hydrogen-bond acceptors (Lipinski definition) is 8. The van der Waals surface area contributed by atoms with Crippen LogP contribution in [0.3, 0.4) is 0 Å². The molecule has 9 nitrogen and oxygen atoms in total. The fraction of sp³-hybridized carbons (Fsp3) is 0.182. The van der Waals surface area contributed by atoms with Crippen molar-refractivity contribution in [3.8, 4) is 11.5 Å². The van der Waals surface area contributed by atoms with Gasteiger partial charge in [0.25, 0.3) is 11.1 Å². The second-order valence-electron chi connectivity index (χ2n) is 6.55. The summed E-state index contributed by atoms with van der Waals surface area (Å²) in [6.45, 7) is -0.246. The van der Waals surface area contributed by atoms with Gasteiger partial charge in [-0.05, 0) is 53.2 Å². The number of aromatic carboxylic acids is 1. The van der Waals surface area contributed by atoms with E-state index in [2.05, 4.69) is 4.74 Å². The number of carboxylic acids is 1. The Balaban J connectivity index is 1.72. The molecule has 1 heterocycles. The van der Waals surface area contributed by atoms with Gasteiger partial charge in [0.1, 0.15) is 13.2 Å². The monoisotopic (exact) mass is 457 g/mol. The first-order valence-electron chi connectivity index (χ1n) is 9.27. The maximum absolute atomic E-state index is 12.4. The van der Waals surface area contributed by atoms with Crippen molar-refractivity contribution in [2.24, 2.45) is 0 Å². The van der Waals surface area contributed by atoms with Crippen LogP contribution in [0.4, 0.5) is 4.79 Å². The molecule has 0 saturated carbocycles. The molecule has 0 atom stereocenters. The number of rotatable bonds is 8. The van der Waals surface area contributed by atoms with E-state index in [0.29, 0.717) is 17.1 Å². The van der Waals surface area contributed by atoms with E-state index in [4.69, 9.17) is 14.6 Å². The Kier molecular flexibility index (Phi) is 7.16. The lowest BCUT2D eigenvalue weighted by Gasteiger charge is -2.12. The van der Waals surface area contributed by atoms with Crippen LogP contribution in [0.2, 0.25) is 0 Å². The quantitative estimate of drug-likeness (QED) is 0.471. The SMILES string of the molecule is COC(=O)CN1C(=O)S/C(=C\c2ccc(OCc3ccc(C(=O)O)cc3)c(OC)c2)C1=O. The van der Waals surface area contributed by atoms with E-state index in [1.54, 1.807) is 30.3 Å². The zero-order valence-electron chi connectivity index (χ0n) is 17.2. The summed E-state index contributed by atoms with van der Waals surface area (Å²) in [5, 5.41) is 8.41. The van der Waals surface area contributed by atoms with Crippen molar-refractivity contribution < 1.29 is 38.5 Å². The normalized spacial score (nSPS) is 14.6. The summed E-state index contributed by atoms with van der Waals surface area (Å²) >= 11 is 0.734. The summed E-state index contributed by atoms with van der Waals surface area (Å²) < 4.78 is 15.6. The Morgan fingerprint density at radius 1 is 1.06 bits per heavy atom. The average molecular weight is 457 g/mol. The molecule has 0 aliphatic carbocycles. The van der Waals surface area contributed by atoms with Crippen LogP contribution in [0.1, 0.15) is 21.5 Å². The molecule has 166 valence electrons. The smallest absolute Gasteiger partial charge is 0.335 e. The molecule has 2 amide bonds. The number of benzene rings is 2. The maximum atomic E-state index is 12.4. The van der Waals surface area contributed by atoms with Gasteiger partial charge >= 0.3 is 11.9 Å². The van der Waals surface area contributed by atoms with Gasteiger partial charge in [0.2, 0.25) is 0 Å². The number of amides is 2. The van der Waals surface area contributed by atoms with Crippen LogP contribution in [0.25, 0.3) is 6.08 Å². The highest BCUT2D eigenvalue weighted by molar-refractivity contribution is 8.18. The molecule has 0 bridgehead atoms. The molecule has 1 aliphatic heterocycles. The molecule has 2 aromatic carbocycles. The van der Waals surface area contributed by atoms with Crippen molar-refractivity contribution in [1.82, 2.24) is 4.90 Å². The molecule has 0 spiro atoms. The molecule has 0 radical (unpaired) electrons. The van der Waals surface area contributed by atoms with Gasteiger partial charge in [-0.25, -0.2) is 4.79 Å². The van der Waals surface area contributed by atoms with Crippen LogP contribution in [0.5, 0.6) is 11.5 Å². The van der Waals surface area contributed by atoms with E-state index in [0.717, 1.165) is 22.2 Å². The Bertz CT molecular complexity index is 1090. The van der Waals surface area contributed by atoms with Gasteiger partial charge in [-0.15, -0.1) is 0 Å². The summed E-state index contributed by atoms with van der Waals surface area (Å²) in [6, 6.07) is 11.3. The summed E-state index contributed by atoms with van der Waals surface area (Å²) in [5.74, 6) is -1.40. The Hall–Kier alpha value is -3.79. The third-order valence-electron chi connectivity index (χ3n) is 4.47. The number of esters is 1. The molecule has 1 fully saturated rings. The van der Waals surface area contributed by atoms with Gasteiger partial charge in [0, 0.05) is 0 Å². The molecule has 0 aromatic heterocycles. The molecule has 1 aliphatic rings. The molecule has 0 unspecified atom stereocenters. The van der Waals surface area contributed by atoms with Crippen molar-refractivity contribution in [1.29, 1.82) is 0 Å². The van der Waals surface area contributed by atoms with E-state index in [-0.39, 0.29) is 17.1 Å². The van der Waals surface area contributed by atoms with Crippen molar-refractivity contribution in [2.75, 3.05) is 20.8 Å². The lowest BCUT2D eigenvalue weighted by molar-refractivity contribution is -0.143. The zero-order valence-corrected chi connectivity index (χ0v) is 18.0.